The van der Waals surface area contributed by atoms with Crippen LogP contribution in [0.1, 0.15) is 16.1 Å². The monoisotopic (exact) mass is 335 g/mol. The molecule has 94 valence electrons. The van der Waals surface area contributed by atoms with Gasteiger partial charge < -0.3 is 5.11 Å². The van der Waals surface area contributed by atoms with Crippen LogP contribution in [-0.4, -0.2) is 21.0 Å². The van der Waals surface area contributed by atoms with Crippen molar-refractivity contribution in [3.05, 3.63) is 46.3 Å². The second-order valence-electron chi connectivity index (χ2n) is 3.40. The van der Waals surface area contributed by atoms with Crippen LogP contribution in [0.5, 0.6) is 0 Å². The number of carboxylic acids is 1. The summed E-state index contributed by atoms with van der Waals surface area (Å²) in [5, 5.41) is 18.2. The van der Waals surface area contributed by atoms with E-state index in [0.717, 1.165) is 4.90 Å². The maximum absolute atomic E-state index is 11.0. The van der Waals surface area contributed by atoms with E-state index >= 15 is 0 Å². The van der Waals surface area contributed by atoms with Gasteiger partial charge in [-0.05, 0) is 34.1 Å². The number of nitrogens with zero attached hydrogens (tertiary/aromatic N) is 3. The topological polar surface area (TPSA) is 86.9 Å². The summed E-state index contributed by atoms with van der Waals surface area (Å²) in [5.74, 6) is -1.000. The second kappa shape index (κ2) is 5.82. The molecule has 1 aromatic heterocycles. The zero-order chi connectivity index (χ0) is 13.8. The number of hydrogen-bond donors (Lipinski definition) is 1. The lowest BCUT2D eigenvalue weighted by molar-refractivity contribution is 0.0695. The highest BCUT2D eigenvalue weighted by Gasteiger charge is 2.10. The van der Waals surface area contributed by atoms with Crippen molar-refractivity contribution in [2.24, 2.45) is 0 Å². The Labute approximate surface area is 121 Å². The van der Waals surface area contributed by atoms with Crippen molar-refractivity contribution in [3.63, 3.8) is 0 Å². The van der Waals surface area contributed by atoms with Crippen LogP contribution in [0.15, 0.2) is 45.0 Å². The molecule has 0 radical (unpaired) electrons. The Morgan fingerprint density at radius 1 is 1.37 bits per heavy atom. The number of aromatic carboxylic acids is 1. The minimum absolute atomic E-state index is 0.187. The van der Waals surface area contributed by atoms with Crippen LogP contribution in [0.4, 0.5) is 0 Å². The van der Waals surface area contributed by atoms with Crippen molar-refractivity contribution in [1.29, 1.82) is 5.26 Å². The van der Waals surface area contributed by atoms with Crippen LogP contribution in [0.25, 0.3) is 0 Å². The molecule has 0 amide bonds. The molecule has 1 aromatic carbocycles. The van der Waals surface area contributed by atoms with Crippen molar-refractivity contribution in [1.82, 2.24) is 9.97 Å². The fraction of sp³-hybridized carbons (Fsp3) is 0. The third-order valence-electron chi connectivity index (χ3n) is 2.13. The molecule has 0 fully saturated rings. The zero-order valence-corrected chi connectivity index (χ0v) is 11.8. The maximum Gasteiger partial charge on any atom is 0.336 e. The number of nitriles is 1. The summed E-state index contributed by atoms with van der Waals surface area (Å²) in [6, 6.07) is 6.88. The first-order valence-electron chi connectivity index (χ1n) is 5.03. The highest BCUT2D eigenvalue weighted by atomic mass is 79.9. The lowest BCUT2D eigenvalue weighted by atomic mass is 10.2. The van der Waals surface area contributed by atoms with Gasteiger partial charge in [0.05, 0.1) is 18.0 Å². The number of carboxylic acid groups (broad SMARTS) is 1. The van der Waals surface area contributed by atoms with Crippen LogP contribution in [0.3, 0.4) is 0 Å². The molecule has 0 saturated heterocycles. The van der Waals surface area contributed by atoms with Crippen molar-refractivity contribution >= 4 is 33.7 Å². The van der Waals surface area contributed by atoms with Gasteiger partial charge in [0.1, 0.15) is 11.1 Å². The summed E-state index contributed by atoms with van der Waals surface area (Å²) in [6.07, 6.45) is 2.85. The Bertz CT molecular complexity index is 668. The van der Waals surface area contributed by atoms with Crippen LogP contribution < -0.4 is 0 Å². The summed E-state index contributed by atoms with van der Waals surface area (Å²) in [5.41, 5.74) is 0.429. The first kappa shape index (κ1) is 13.5. The van der Waals surface area contributed by atoms with E-state index in [1.54, 1.807) is 18.2 Å². The van der Waals surface area contributed by atoms with Gasteiger partial charge in [0.15, 0.2) is 5.69 Å². The first-order chi connectivity index (χ1) is 9.10. The van der Waals surface area contributed by atoms with Gasteiger partial charge in [0.2, 0.25) is 0 Å². The average molecular weight is 336 g/mol. The van der Waals surface area contributed by atoms with E-state index in [1.165, 1.54) is 24.2 Å². The average Bonchev–Trinajstić information content (AvgIpc) is 2.41. The zero-order valence-electron chi connectivity index (χ0n) is 9.37. The van der Waals surface area contributed by atoms with Crippen LogP contribution in [0.2, 0.25) is 0 Å². The number of rotatable bonds is 3. The highest BCUT2D eigenvalue weighted by Crippen LogP contribution is 2.29. The smallest absolute Gasteiger partial charge is 0.336 e. The van der Waals surface area contributed by atoms with Crippen molar-refractivity contribution in [2.75, 3.05) is 0 Å². The Hall–Kier alpha value is -1.91. The molecule has 0 unspecified atom stereocenters. The van der Waals surface area contributed by atoms with Gasteiger partial charge in [0.25, 0.3) is 0 Å². The summed E-state index contributed by atoms with van der Waals surface area (Å²) in [7, 11) is 0. The highest BCUT2D eigenvalue weighted by molar-refractivity contribution is 9.10. The Kier molecular flexibility index (Phi) is 4.14. The third kappa shape index (κ3) is 3.30. The largest absolute Gasteiger partial charge is 0.478 e. The summed E-state index contributed by atoms with van der Waals surface area (Å²) >= 11 is 4.46. The predicted molar refractivity (Wildman–Crippen MR) is 72.0 cm³/mol. The molecule has 0 spiro atoms. The van der Waals surface area contributed by atoms with Crippen molar-refractivity contribution in [3.8, 4) is 6.07 Å². The molecule has 0 aliphatic carbocycles. The summed E-state index contributed by atoms with van der Waals surface area (Å²) in [4.78, 5) is 19.7. The van der Waals surface area contributed by atoms with E-state index in [1.807, 2.05) is 6.07 Å². The van der Waals surface area contributed by atoms with Gasteiger partial charge in [-0.15, -0.1) is 0 Å². The third-order valence-corrected chi connectivity index (χ3v) is 3.73. The number of hydrogen-bond acceptors (Lipinski definition) is 5. The molecule has 0 aliphatic rings. The standard InChI is InChI=1S/C12H6BrN3O2S/c13-10-2-1-8(3-9(10)12(17)18)19-11-6-15-7(4-14)5-16-11/h1-3,5-6H,(H,17,18). The van der Waals surface area contributed by atoms with Gasteiger partial charge in [-0.25, -0.2) is 14.8 Å². The molecular formula is C12H6BrN3O2S. The number of benzene rings is 1. The minimum atomic E-state index is -1.000. The number of carbonyl (C=O) groups is 1. The second-order valence-corrected chi connectivity index (χ2v) is 5.35. The van der Waals surface area contributed by atoms with Crippen molar-refractivity contribution < 1.29 is 9.90 Å². The number of aromatic nitrogens is 2. The lowest BCUT2D eigenvalue weighted by Crippen LogP contribution is -1.97. The van der Waals surface area contributed by atoms with E-state index in [2.05, 4.69) is 25.9 Å². The fourth-order valence-corrected chi connectivity index (χ4v) is 2.46. The Balaban J connectivity index is 2.25. The molecule has 0 saturated carbocycles. The van der Waals surface area contributed by atoms with Gasteiger partial charge in [-0.3, -0.25) is 0 Å². The SMILES string of the molecule is N#Cc1cnc(Sc2ccc(Br)c(C(=O)O)c2)cn1. The molecule has 1 N–H and O–H groups in total. The normalized spacial score (nSPS) is 9.89. The van der Waals surface area contributed by atoms with E-state index in [9.17, 15) is 4.79 Å². The van der Waals surface area contributed by atoms with Gasteiger partial charge in [-0.1, -0.05) is 11.8 Å². The molecular weight excluding hydrogens is 330 g/mol. The number of halogens is 1. The molecule has 7 heteroatoms. The van der Waals surface area contributed by atoms with Gasteiger partial charge >= 0.3 is 5.97 Å². The maximum atomic E-state index is 11.0. The molecule has 1 heterocycles. The molecule has 0 atom stereocenters. The van der Waals surface area contributed by atoms with E-state index in [0.29, 0.717) is 9.50 Å². The Morgan fingerprint density at radius 3 is 2.74 bits per heavy atom. The van der Waals surface area contributed by atoms with Crippen LogP contribution >= 0.6 is 27.7 Å². The molecule has 2 aromatic rings. The van der Waals surface area contributed by atoms with E-state index in [4.69, 9.17) is 10.4 Å². The molecule has 5 nitrogen and oxygen atoms in total. The fourth-order valence-electron chi connectivity index (χ4n) is 1.28. The first-order valence-corrected chi connectivity index (χ1v) is 6.64. The van der Waals surface area contributed by atoms with E-state index < -0.39 is 5.97 Å². The molecule has 0 bridgehead atoms. The quantitative estimate of drug-likeness (QED) is 0.927. The van der Waals surface area contributed by atoms with Gasteiger partial charge in [0, 0.05) is 9.37 Å². The van der Waals surface area contributed by atoms with Crippen molar-refractivity contribution in [2.45, 2.75) is 9.92 Å². The summed E-state index contributed by atoms with van der Waals surface area (Å²) in [6.45, 7) is 0. The molecule has 2 rings (SSSR count). The Morgan fingerprint density at radius 2 is 2.16 bits per heavy atom. The molecule has 0 aliphatic heterocycles. The predicted octanol–water partition coefficient (Wildman–Crippen LogP) is 2.96. The minimum Gasteiger partial charge on any atom is -0.478 e. The lowest BCUT2D eigenvalue weighted by Gasteiger charge is -2.03. The van der Waals surface area contributed by atoms with Crippen LogP contribution in [0, 0.1) is 11.3 Å². The van der Waals surface area contributed by atoms with E-state index in [-0.39, 0.29) is 11.3 Å². The van der Waals surface area contributed by atoms with Crippen LogP contribution in [-0.2, 0) is 0 Å². The molecule has 19 heavy (non-hydrogen) atoms. The summed E-state index contributed by atoms with van der Waals surface area (Å²) < 4.78 is 0.523. The van der Waals surface area contributed by atoms with Gasteiger partial charge in [-0.2, -0.15) is 5.26 Å².